The third kappa shape index (κ3) is 6.58. The van der Waals surface area contributed by atoms with Crippen LogP contribution in [-0.2, 0) is 11.3 Å². The summed E-state index contributed by atoms with van der Waals surface area (Å²) in [7, 11) is 0. The van der Waals surface area contributed by atoms with E-state index in [2.05, 4.69) is 20.7 Å². The first-order chi connectivity index (χ1) is 9.61. The number of hydrogen-bond donors (Lipinski definition) is 3. The molecule has 0 aliphatic heterocycles. The molecule has 0 heterocycles. The fraction of sp³-hybridized carbons (Fsp3) is 0.385. The third-order valence-corrected chi connectivity index (χ3v) is 2.30. The molecule has 20 heavy (non-hydrogen) atoms. The van der Waals surface area contributed by atoms with Gasteiger partial charge in [0.25, 0.3) is 0 Å². The van der Waals surface area contributed by atoms with E-state index in [1.165, 1.54) is 12.1 Å². The lowest BCUT2D eigenvalue weighted by Gasteiger charge is -2.08. The van der Waals surface area contributed by atoms with Crippen molar-refractivity contribution in [1.29, 1.82) is 0 Å². The second kappa shape index (κ2) is 8.73. The van der Waals surface area contributed by atoms with Crippen LogP contribution in [0.25, 0.3) is 0 Å². The molecule has 0 unspecified atom stereocenters. The Morgan fingerprint density at radius 3 is 2.65 bits per heavy atom. The lowest BCUT2D eigenvalue weighted by atomic mass is 10.2. The molecule has 1 aromatic rings. The van der Waals surface area contributed by atoms with Crippen molar-refractivity contribution in [1.82, 2.24) is 16.0 Å². The molecule has 0 saturated carbocycles. The Bertz CT molecular complexity index is 454. The Morgan fingerprint density at radius 2 is 1.95 bits per heavy atom. The second-order valence-electron chi connectivity index (χ2n) is 3.89. The summed E-state index contributed by atoms with van der Waals surface area (Å²) in [6.45, 7) is 2.78. The summed E-state index contributed by atoms with van der Waals surface area (Å²) in [4.78, 5) is 22.3. The molecule has 0 aromatic heterocycles. The largest absolute Gasteiger partial charge is 0.450 e. The standard InChI is InChI=1S/C13H18FN3O3/c1-2-20-13(19)16-7-6-15-12(18)17-9-10-4-3-5-11(14)8-10/h3-5,8H,2,6-7,9H2,1H3,(H,16,19)(H2,15,17,18). The van der Waals surface area contributed by atoms with Crippen molar-refractivity contribution in [2.75, 3.05) is 19.7 Å². The lowest BCUT2D eigenvalue weighted by Crippen LogP contribution is -2.40. The molecule has 0 radical (unpaired) electrons. The number of carbonyl (C=O) groups excluding carboxylic acids is 2. The summed E-state index contributed by atoms with van der Waals surface area (Å²) in [5.74, 6) is -0.344. The number of benzene rings is 1. The molecular formula is C13H18FN3O3. The Labute approximate surface area is 116 Å². The number of ether oxygens (including phenoxy) is 1. The van der Waals surface area contributed by atoms with Crippen LogP contribution in [0.2, 0.25) is 0 Å². The number of alkyl carbamates (subject to hydrolysis) is 1. The fourth-order valence-corrected chi connectivity index (χ4v) is 1.41. The number of hydrogen-bond acceptors (Lipinski definition) is 3. The van der Waals surface area contributed by atoms with Crippen LogP contribution in [-0.4, -0.2) is 31.8 Å². The minimum absolute atomic E-state index is 0.231. The molecule has 0 fully saturated rings. The van der Waals surface area contributed by atoms with E-state index in [1.54, 1.807) is 19.1 Å². The minimum Gasteiger partial charge on any atom is -0.450 e. The zero-order valence-corrected chi connectivity index (χ0v) is 11.2. The number of urea groups is 1. The molecular weight excluding hydrogens is 265 g/mol. The highest BCUT2D eigenvalue weighted by molar-refractivity contribution is 5.74. The summed E-state index contributed by atoms with van der Waals surface area (Å²) in [5.41, 5.74) is 0.671. The third-order valence-electron chi connectivity index (χ3n) is 2.30. The van der Waals surface area contributed by atoms with Crippen LogP contribution in [0.4, 0.5) is 14.0 Å². The van der Waals surface area contributed by atoms with Crippen LogP contribution in [0.3, 0.4) is 0 Å². The first-order valence-corrected chi connectivity index (χ1v) is 6.28. The van der Waals surface area contributed by atoms with Crippen LogP contribution in [0.1, 0.15) is 12.5 Å². The van der Waals surface area contributed by atoms with Gasteiger partial charge in [-0.05, 0) is 24.6 Å². The predicted octanol–water partition coefficient (Wildman–Crippen LogP) is 1.37. The van der Waals surface area contributed by atoms with Crippen molar-refractivity contribution in [2.24, 2.45) is 0 Å². The van der Waals surface area contributed by atoms with Gasteiger partial charge in [-0.15, -0.1) is 0 Å². The van der Waals surface area contributed by atoms with Crippen molar-refractivity contribution in [3.8, 4) is 0 Å². The molecule has 0 aliphatic rings. The molecule has 6 nitrogen and oxygen atoms in total. The van der Waals surface area contributed by atoms with Gasteiger partial charge in [0, 0.05) is 19.6 Å². The molecule has 0 saturated heterocycles. The quantitative estimate of drug-likeness (QED) is 0.690. The minimum atomic E-state index is -0.519. The van der Waals surface area contributed by atoms with E-state index in [9.17, 15) is 14.0 Å². The van der Waals surface area contributed by atoms with Crippen molar-refractivity contribution < 1.29 is 18.7 Å². The fourth-order valence-electron chi connectivity index (χ4n) is 1.41. The van der Waals surface area contributed by atoms with E-state index < -0.39 is 6.09 Å². The van der Waals surface area contributed by atoms with Gasteiger partial charge in [-0.3, -0.25) is 0 Å². The van der Waals surface area contributed by atoms with Gasteiger partial charge in [-0.25, -0.2) is 14.0 Å². The Morgan fingerprint density at radius 1 is 1.20 bits per heavy atom. The van der Waals surface area contributed by atoms with Gasteiger partial charge < -0.3 is 20.7 Å². The monoisotopic (exact) mass is 283 g/mol. The maximum atomic E-state index is 12.9. The SMILES string of the molecule is CCOC(=O)NCCNC(=O)NCc1cccc(F)c1. The molecule has 0 atom stereocenters. The van der Waals surface area contributed by atoms with Crippen LogP contribution < -0.4 is 16.0 Å². The molecule has 3 N–H and O–H groups in total. The van der Waals surface area contributed by atoms with E-state index in [-0.39, 0.29) is 31.5 Å². The van der Waals surface area contributed by atoms with Crippen molar-refractivity contribution in [2.45, 2.75) is 13.5 Å². The number of rotatable bonds is 6. The van der Waals surface area contributed by atoms with Crippen LogP contribution >= 0.6 is 0 Å². The number of amides is 3. The van der Waals surface area contributed by atoms with E-state index in [0.717, 1.165) is 0 Å². The molecule has 110 valence electrons. The first-order valence-electron chi connectivity index (χ1n) is 6.28. The zero-order valence-electron chi connectivity index (χ0n) is 11.2. The highest BCUT2D eigenvalue weighted by Crippen LogP contribution is 2.02. The Hall–Kier alpha value is -2.31. The Kier molecular flexibility index (Phi) is 6.88. The van der Waals surface area contributed by atoms with E-state index in [0.29, 0.717) is 12.2 Å². The van der Waals surface area contributed by atoms with E-state index >= 15 is 0 Å². The van der Waals surface area contributed by atoms with Gasteiger partial charge in [0.05, 0.1) is 6.61 Å². The highest BCUT2D eigenvalue weighted by atomic mass is 19.1. The van der Waals surface area contributed by atoms with Crippen LogP contribution in [0.5, 0.6) is 0 Å². The molecule has 0 bridgehead atoms. The van der Waals surface area contributed by atoms with Crippen LogP contribution in [0.15, 0.2) is 24.3 Å². The average Bonchev–Trinajstić information content (AvgIpc) is 2.42. The average molecular weight is 283 g/mol. The summed E-state index contributed by atoms with van der Waals surface area (Å²) < 4.78 is 17.5. The first kappa shape index (κ1) is 15.7. The number of halogens is 1. The van der Waals surface area contributed by atoms with Gasteiger partial charge in [0.1, 0.15) is 5.82 Å². The molecule has 0 spiro atoms. The van der Waals surface area contributed by atoms with Crippen molar-refractivity contribution >= 4 is 12.1 Å². The number of nitrogens with one attached hydrogen (secondary N) is 3. The molecule has 0 aliphatic carbocycles. The summed E-state index contributed by atoms with van der Waals surface area (Å²) in [6, 6.07) is 5.59. The van der Waals surface area contributed by atoms with Crippen molar-refractivity contribution in [3.63, 3.8) is 0 Å². The molecule has 3 amide bonds. The molecule has 1 rings (SSSR count). The predicted molar refractivity (Wildman–Crippen MR) is 71.7 cm³/mol. The van der Waals surface area contributed by atoms with Gasteiger partial charge in [0.15, 0.2) is 0 Å². The normalized spacial score (nSPS) is 9.70. The van der Waals surface area contributed by atoms with Crippen LogP contribution in [0, 0.1) is 5.82 Å². The number of carbonyl (C=O) groups is 2. The lowest BCUT2D eigenvalue weighted by molar-refractivity contribution is 0.152. The summed E-state index contributed by atoms with van der Waals surface area (Å²) in [5, 5.41) is 7.60. The van der Waals surface area contributed by atoms with E-state index in [1.807, 2.05) is 0 Å². The highest BCUT2D eigenvalue weighted by Gasteiger charge is 2.02. The van der Waals surface area contributed by atoms with Crippen molar-refractivity contribution in [3.05, 3.63) is 35.6 Å². The topological polar surface area (TPSA) is 79.5 Å². The van der Waals surface area contributed by atoms with Gasteiger partial charge in [-0.2, -0.15) is 0 Å². The zero-order chi connectivity index (χ0) is 14.8. The van der Waals surface area contributed by atoms with E-state index in [4.69, 9.17) is 0 Å². The van der Waals surface area contributed by atoms with Gasteiger partial charge in [-0.1, -0.05) is 12.1 Å². The summed E-state index contributed by atoms with van der Waals surface area (Å²) in [6.07, 6.45) is -0.519. The van der Waals surface area contributed by atoms with Gasteiger partial charge >= 0.3 is 12.1 Å². The molecule has 1 aromatic carbocycles. The van der Waals surface area contributed by atoms with Gasteiger partial charge in [0.2, 0.25) is 0 Å². The Balaban J connectivity index is 2.13. The smallest absolute Gasteiger partial charge is 0.407 e. The second-order valence-corrected chi connectivity index (χ2v) is 3.89. The maximum absolute atomic E-state index is 12.9. The summed E-state index contributed by atoms with van der Waals surface area (Å²) >= 11 is 0. The maximum Gasteiger partial charge on any atom is 0.407 e. The molecule has 7 heteroatoms.